The molecule has 0 unspecified atom stereocenters. The number of hydrogen-bond acceptors (Lipinski definition) is 8. The molecule has 8 nitrogen and oxygen atoms in total. The first kappa shape index (κ1) is 16.7. The summed E-state index contributed by atoms with van der Waals surface area (Å²) in [6.07, 6.45) is -6.99. The Kier molecular flexibility index (Phi) is 4.99. The number of ether oxygens (including phenoxy) is 2. The maximum atomic E-state index is 11.4. The zero-order valence-corrected chi connectivity index (χ0v) is 11.9. The molecule has 1 aromatic rings. The molecular formula is C14H19NO7. The largest absolute Gasteiger partial charge is 0.460 e. The third-order valence-electron chi connectivity index (χ3n) is 3.54. The molecule has 0 bridgehead atoms. The molecule has 1 aromatic carbocycles. The van der Waals surface area contributed by atoms with Gasteiger partial charge in [0.05, 0.1) is 12.3 Å². The molecule has 5 atom stereocenters. The third kappa shape index (κ3) is 3.06. The molecule has 22 heavy (non-hydrogen) atoms. The van der Waals surface area contributed by atoms with E-state index in [1.807, 2.05) is 0 Å². The van der Waals surface area contributed by atoms with Gasteiger partial charge in [-0.25, -0.2) is 0 Å². The summed E-state index contributed by atoms with van der Waals surface area (Å²) < 4.78 is 10.6. The van der Waals surface area contributed by atoms with Crippen LogP contribution in [-0.2, 0) is 4.74 Å². The van der Waals surface area contributed by atoms with Crippen LogP contribution in [0.15, 0.2) is 18.2 Å². The van der Waals surface area contributed by atoms with Crippen molar-refractivity contribution in [2.75, 3.05) is 12.3 Å². The van der Waals surface area contributed by atoms with Crippen LogP contribution >= 0.6 is 0 Å². The van der Waals surface area contributed by atoms with Crippen molar-refractivity contribution in [2.24, 2.45) is 0 Å². The minimum Gasteiger partial charge on any atom is -0.460 e. The average molecular weight is 313 g/mol. The lowest BCUT2D eigenvalue weighted by atomic mass is 9.99. The van der Waals surface area contributed by atoms with Crippen LogP contribution < -0.4 is 10.5 Å². The topological polar surface area (TPSA) is 142 Å². The van der Waals surface area contributed by atoms with E-state index >= 15 is 0 Å². The van der Waals surface area contributed by atoms with Crippen molar-refractivity contribution in [3.63, 3.8) is 0 Å². The predicted octanol–water partition coefficient (Wildman–Crippen LogP) is -1.35. The Morgan fingerprint density at radius 1 is 1.27 bits per heavy atom. The molecule has 122 valence electrons. The summed E-state index contributed by atoms with van der Waals surface area (Å²) in [4.78, 5) is 11.4. The molecule has 0 amide bonds. The Balaban J connectivity index is 2.23. The normalized spacial score (nSPS) is 31.8. The highest BCUT2D eigenvalue weighted by Crippen LogP contribution is 2.30. The Morgan fingerprint density at radius 2 is 1.95 bits per heavy atom. The van der Waals surface area contributed by atoms with Gasteiger partial charge in [-0.15, -0.1) is 0 Å². The number of anilines is 1. The number of rotatable bonds is 4. The molecule has 1 aliphatic rings. The molecular weight excluding hydrogens is 294 g/mol. The Labute approximate surface area is 126 Å². The van der Waals surface area contributed by atoms with E-state index in [4.69, 9.17) is 20.3 Å². The van der Waals surface area contributed by atoms with Crippen molar-refractivity contribution < 1.29 is 34.7 Å². The number of hydrogen-bond donors (Lipinski definition) is 5. The quantitative estimate of drug-likeness (QED) is 0.339. The number of carbonyl (C=O) groups is 1. The van der Waals surface area contributed by atoms with Crippen LogP contribution in [0.2, 0.25) is 0 Å². The van der Waals surface area contributed by atoms with Crippen molar-refractivity contribution in [3.8, 4) is 5.75 Å². The zero-order chi connectivity index (χ0) is 16.4. The number of Topliss-reactive ketones (excluding diaryl/α,β-unsaturated/α-hetero) is 1. The summed E-state index contributed by atoms with van der Waals surface area (Å²) in [5, 5.41) is 38.4. The standard InChI is InChI=1S/C14H19NO7/c1-6(17)7-3-2-4-8(10(7)15)21-14-13(20)12(19)11(18)9(5-16)22-14/h2-4,9,11-14,16,18-20H,5,15H2,1H3/t9-,11-,12+,13-,14-/m1/s1. The fourth-order valence-electron chi connectivity index (χ4n) is 2.24. The van der Waals surface area contributed by atoms with E-state index in [-0.39, 0.29) is 22.8 Å². The molecule has 8 heteroatoms. The molecule has 1 fully saturated rings. The molecule has 2 rings (SSSR count). The molecule has 6 N–H and O–H groups in total. The summed E-state index contributed by atoms with van der Waals surface area (Å²) in [5.41, 5.74) is 6.16. The van der Waals surface area contributed by atoms with Crippen LogP contribution in [0.5, 0.6) is 5.75 Å². The van der Waals surface area contributed by atoms with Crippen molar-refractivity contribution in [1.29, 1.82) is 0 Å². The van der Waals surface area contributed by atoms with E-state index in [1.165, 1.54) is 19.1 Å². The number of aliphatic hydroxyl groups is 4. The highest BCUT2D eigenvalue weighted by atomic mass is 16.7. The van der Waals surface area contributed by atoms with Crippen molar-refractivity contribution >= 4 is 11.5 Å². The Bertz CT molecular complexity index is 548. The van der Waals surface area contributed by atoms with Gasteiger partial charge in [-0.05, 0) is 19.1 Å². The van der Waals surface area contributed by atoms with E-state index in [9.17, 15) is 20.1 Å². The number of nitrogen functional groups attached to an aromatic ring is 1. The highest BCUT2D eigenvalue weighted by molar-refractivity contribution is 6.00. The summed E-state index contributed by atoms with van der Waals surface area (Å²) in [5.74, 6) is -0.159. The zero-order valence-electron chi connectivity index (χ0n) is 11.9. The summed E-state index contributed by atoms with van der Waals surface area (Å²) in [6, 6.07) is 4.55. The number of carbonyl (C=O) groups excluding carboxylic acids is 1. The fraction of sp³-hybridized carbons (Fsp3) is 0.500. The monoisotopic (exact) mass is 313 g/mol. The van der Waals surface area contributed by atoms with Crippen LogP contribution in [0.3, 0.4) is 0 Å². The molecule has 1 heterocycles. The second-order valence-corrected chi connectivity index (χ2v) is 5.09. The third-order valence-corrected chi connectivity index (χ3v) is 3.54. The average Bonchev–Trinajstić information content (AvgIpc) is 2.49. The van der Waals surface area contributed by atoms with Crippen LogP contribution in [0.1, 0.15) is 17.3 Å². The number of nitrogens with two attached hydrogens (primary N) is 1. The Morgan fingerprint density at radius 3 is 2.55 bits per heavy atom. The van der Waals surface area contributed by atoms with Gasteiger partial charge in [0.25, 0.3) is 0 Å². The number of ketones is 1. The number of para-hydroxylation sites is 1. The van der Waals surface area contributed by atoms with Crippen LogP contribution in [0.4, 0.5) is 5.69 Å². The van der Waals surface area contributed by atoms with Gasteiger partial charge in [0, 0.05) is 5.56 Å². The fourth-order valence-corrected chi connectivity index (χ4v) is 2.24. The van der Waals surface area contributed by atoms with Crippen LogP contribution in [0, 0.1) is 0 Å². The van der Waals surface area contributed by atoms with E-state index < -0.39 is 37.3 Å². The Hall–Kier alpha value is -1.71. The number of aliphatic hydroxyl groups excluding tert-OH is 4. The maximum Gasteiger partial charge on any atom is 0.229 e. The lowest BCUT2D eigenvalue weighted by molar-refractivity contribution is -0.277. The first-order valence-corrected chi connectivity index (χ1v) is 6.73. The van der Waals surface area contributed by atoms with Gasteiger partial charge in [-0.3, -0.25) is 4.79 Å². The molecule has 0 saturated carbocycles. The van der Waals surface area contributed by atoms with Crippen LogP contribution in [-0.4, -0.2) is 63.5 Å². The van der Waals surface area contributed by atoms with Gasteiger partial charge < -0.3 is 35.6 Å². The van der Waals surface area contributed by atoms with Gasteiger partial charge in [-0.2, -0.15) is 0 Å². The first-order chi connectivity index (χ1) is 10.4. The lowest BCUT2D eigenvalue weighted by Crippen LogP contribution is -2.60. The second-order valence-electron chi connectivity index (χ2n) is 5.09. The molecule has 1 saturated heterocycles. The van der Waals surface area contributed by atoms with Gasteiger partial charge in [0.1, 0.15) is 30.2 Å². The minimum absolute atomic E-state index is 0.0759. The second kappa shape index (κ2) is 6.59. The van der Waals surface area contributed by atoms with Gasteiger partial charge in [0.2, 0.25) is 6.29 Å². The van der Waals surface area contributed by atoms with Gasteiger partial charge >= 0.3 is 0 Å². The molecule has 0 aliphatic carbocycles. The minimum atomic E-state index is -1.55. The maximum absolute atomic E-state index is 11.4. The first-order valence-electron chi connectivity index (χ1n) is 6.73. The molecule has 0 aromatic heterocycles. The van der Waals surface area contributed by atoms with Crippen molar-refractivity contribution in [1.82, 2.24) is 0 Å². The predicted molar refractivity (Wildman–Crippen MR) is 75.3 cm³/mol. The van der Waals surface area contributed by atoms with Gasteiger partial charge in [0.15, 0.2) is 5.78 Å². The van der Waals surface area contributed by atoms with Crippen molar-refractivity contribution in [2.45, 2.75) is 37.6 Å². The van der Waals surface area contributed by atoms with Crippen molar-refractivity contribution in [3.05, 3.63) is 23.8 Å². The van der Waals surface area contributed by atoms with E-state index in [2.05, 4.69) is 0 Å². The number of benzene rings is 1. The molecule has 1 aliphatic heterocycles. The van der Waals surface area contributed by atoms with Crippen LogP contribution in [0.25, 0.3) is 0 Å². The smallest absolute Gasteiger partial charge is 0.229 e. The molecule has 0 spiro atoms. The highest BCUT2D eigenvalue weighted by Gasteiger charge is 2.44. The lowest BCUT2D eigenvalue weighted by Gasteiger charge is -2.39. The van der Waals surface area contributed by atoms with Gasteiger partial charge in [-0.1, -0.05) is 6.07 Å². The summed E-state index contributed by atoms with van der Waals surface area (Å²) in [7, 11) is 0. The summed E-state index contributed by atoms with van der Waals surface area (Å²) >= 11 is 0. The SMILES string of the molecule is CC(=O)c1cccc(O[C@@H]2O[C@H](CO)[C@@H](O)[C@H](O)[C@H]2O)c1N. The van der Waals surface area contributed by atoms with E-state index in [1.54, 1.807) is 6.07 Å². The van der Waals surface area contributed by atoms with E-state index in [0.717, 1.165) is 0 Å². The summed E-state index contributed by atoms with van der Waals surface area (Å²) in [6.45, 7) is 0.789. The van der Waals surface area contributed by atoms with E-state index in [0.29, 0.717) is 0 Å². The molecule has 0 radical (unpaired) electrons.